The van der Waals surface area contributed by atoms with E-state index in [1.165, 1.54) is 5.56 Å². The van der Waals surface area contributed by atoms with Gasteiger partial charge in [0.1, 0.15) is 5.65 Å². The molecule has 1 aromatic carbocycles. The van der Waals surface area contributed by atoms with Crippen molar-refractivity contribution in [1.29, 1.82) is 0 Å². The Kier molecular flexibility index (Phi) is 4.97. The summed E-state index contributed by atoms with van der Waals surface area (Å²) in [5, 5.41) is 1.02. The Balaban J connectivity index is 1.50. The van der Waals surface area contributed by atoms with E-state index in [0.717, 1.165) is 42.6 Å². The second kappa shape index (κ2) is 7.70. The van der Waals surface area contributed by atoms with Crippen molar-refractivity contribution in [3.05, 3.63) is 66.0 Å². The minimum atomic E-state index is 0.154. The van der Waals surface area contributed by atoms with Crippen LogP contribution in [0.1, 0.15) is 17.5 Å². The van der Waals surface area contributed by atoms with E-state index in [4.69, 9.17) is 4.74 Å². The van der Waals surface area contributed by atoms with Gasteiger partial charge in [0.2, 0.25) is 5.91 Å². The summed E-state index contributed by atoms with van der Waals surface area (Å²) in [4.78, 5) is 22.6. The van der Waals surface area contributed by atoms with Gasteiger partial charge >= 0.3 is 0 Å². The number of aromatic amines is 1. The van der Waals surface area contributed by atoms with E-state index < -0.39 is 0 Å². The normalized spacial score (nSPS) is 16.8. The second-order valence-corrected chi connectivity index (χ2v) is 6.73. The van der Waals surface area contributed by atoms with Gasteiger partial charge in [-0.3, -0.25) is 4.79 Å². The van der Waals surface area contributed by atoms with Gasteiger partial charge in [0, 0.05) is 30.9 Å². The van der Waals surface area contributed by atoms with Crippen LogP contribution in [0.15, 0.2) is 54.9 Å². The summed E-state index contributed by atoms with van der Waals surface area (Å²) in [5.74, 6) is 0.154. The lowest BCUT2D eigenvalue weighted by molar-refractivity contribution is -0.132. The van der Waals surface area contributed by atoms with Gasteiger partial charge in [-0.2, -0.15) is 0 Å². The van der Waals surface area contributed by atoms with Crippen LogP contribution >= 0.6 is 0 Å². The lowest BCUT2D eigenvalue weighted by Crippen LogP contribution is -2.42. The summed E-state index contributed by atoms with van der Waals surface area (Å²) in [6, 6.07) is 14.4. The highest BCUT2D eigenvalue weighted by Crippen LogP contribution is 2.20. The summed E-state index contributed by atoms with van der Waals surface area (Å²) in [5.41, 5.74) is 3.08. The van der Waals surface area contributed by atoms with Crippen molar-refractivity contribution in [2.75, 3.05) is 19.8 Å². The van der Waals surface area contributed by atoms with E-state index in [1.54, 1.807) is 6.20 Å². The Labute approximate surface area is 153 Å². The van der Waals surface area contributed by atoms with Crippen molar-refractivity contribution in [3.8, 4) is 0 Å². The van der Waals surface area contributed by atoms with Gasteiger partial charge in [0.15, 0.2) is 0 Å². The number of carbonyl (C=O) groups excluding carboxylic acids is 1. The molecule has 1 aliphatic heterocycles. The Morgan fingerprint density at radius 2 is 2.12 bits per heavy atom. The van der Waals surface area contributed by atoms with Crippen LogP contribution in [0.5, 0.6) is 0 Å². The van der Waals surface area contributed by atoms with E-state index >= 15 is 0 Å². The average Bonchev–Trinajstić information content (AvgIpc) is 3.34. The molecule has 0 unspecified atom stereocenters. The molecule has 3 aromatic rings. The van der Waals surface area contributed by atoms with Crippen LogP contribution in [0.25, 0.3) is 11.0 Å². The minimum absolute atomic E-state index is 0.154. The number of aromatic nitrogens is 2. The van der Waals surface area contributed by atoms with Gasteiger partial charge in [0.05, 0.1) is 19.1 Å². The van der Waals surface area contributed by atoms with Crippen LogP contribution in [0.3, 0.4) is 0 Å². The lowest BCUT2D eigenvalue weighted by Gasteiger charge is -2.28. The van der Waals surface area contributed by atoms with Crippen molar-refractivity contribution >= 4 is 16.9 Å². The number of pyridine rings is 1. The monoisotopic (exact) mass is 349 g/mol. The zero-order chi connectivity index (χ0) is 17.8. The molecule has 4 rings (SSSR count). The third kappa shape index (κ3) is 3.63. The van der Waals surface area contributed by atoms with Crippen LogP contribution in [-0.2, 0) is 22.4 Å². The maximum absolute atomic E-state index is 13.1. The topological polar surface area (TPSA) is 58.2 Å². The predicted octanol–water partition coefficient (Wildman–Crippen LogP) is 2.97. The number of amides is 1. The number of hydrogen-bond donors (Lipinski definition) is 1. The maximum atomic E-state index is 13.1. The average molecular weight is 349 g/mol. The molecular formula is C21H23N3O2. The van der Waals surface area contributed by atoms with Crippen molar-refractivity contribution in [2.24, 2.45) is 0 Å². The Hall–Kier alpha value is -2.66. The zero-order valence-electron chi connectivity index (χ0n) is 14.7. The number of fused-ring (bicyclic) bond motifs is 1. The molecule has 1 amide bonds. The summed E-state index contributed by atoms with van der Waals surface area (Å²) < 4.78 is 5.54. The molecule has 1 atom stereocenters. The number of benzene rings is 1. The fourth-order valence-corrected chi connectivity index (χ4v) is 3.60. The molecule has 1 fully saturated rings. The number of ether oxygens (including phenoxy) is 1. The molecule has 5 nitrogen and oxygen atoms in total. The van der Waals surface area contributed by atoms with Crippen molar-refractivity contribution < 1.29 is 9.53 Å². The van der Waals surface area contributed by atoms with Gasteiger partial charge in [-0.05, 0) is 36.1 Å². The number of hydrogen-bond acceptors (Lipinski definition) is 3. The Morgan fingerprint density at radius 3 is 2.92 bits per heavy atom. The standard InChI is InChI=1S/C21H23N3O2/c25-20(13-17-14-23-21-19(17)7-4-10-22-21)24(18-9-12-26-15-18)11-8-16-5-2-1-3-6-16/h1-7,10,14,18H,8-9,11-13,15H2,(H,22,23)/t18-/m1/s1. The van der Waals surface area contributed by atoms with Crippen LogP contribution in [0.4, 0.5) is 0 Å². The number of rotatable bonds is 6. The molecule has 0 bridgehead atoms. The van der Waals surface area contributed by atoms with Crippen LogP contribution in [-0.4, -0.2) is 46.6 Å². The Morgan fingerprint density at radius 1 is 1.23 bits per heavy atom. The number of H-pyrrole nitrogens is 1. The van der Waals surface area contributed by atoms with E-state index in [-0.39, 0.29) is 11.9 Å². The number of nitrogens with zero attached hydrogens (tertiary/aromatic N) is 2. The fourth-order valence-electron chi connectivity index (χ4n) is 3.60. The highest BCUT2D eigenvalue weighted by molar-refractivity contribution is 5.87. The summed E-state index contributed by atoms with van der Waals surface area (Å²) in [6.45, 7) is 2.09. The predicted molar refractivity (Wildman–Crippen MR) is 101 cm³/mol. The second-order valence-electron chi connectivity index (χ2n) is 6.73. The summed E-state index contributed by atoms with van der Waals surface area (Å²) in [7, 11) is 0. The number of nitrogens with one attached hydrogen (secondary N) is 1. The molecule has 1 N–H and O–H groups in total. The molecule has 3 heterocycles. The molecular weight excluding hydrogens is 326 g/mol. The highest BCUT2D eigenvalue weighted by atomic mass is 16.5. The van der Waals surface area contributed by atoms with E-state index in [0.29, 0.717) is 13.0 Å². The maximum Gasteiger partial charge on any atom is 0.227 e. The molecule has 0 radical (unpaired) electrons. The van der Waals surface area contributed by atoms with Gasteiger partial charge in [0.25, 0.3) is 0 Å². The Bertz CT molecular complexity index is 869. The molecule has 0 saturated carbocycles. The molecule has 0 aliphatic carbocycles. The van der Waals surface area contributed by atoms with E-state index in [9.17, 15) is 4.79 Å². The molecule has 1 aliphatic rings. The molecule has 26 heavy (non-hydrogen) atoms. The SMILES string of the molecule is O=C(Cc1c[nH]c2ncccc12)N(CCc1ccccc1)[C@@H]1CCOC1. The molecule has 0 spiro atoms. The van der Waals surface area contributed by atoms with Gasteiger partial charge < -0.3 is 14.6 Å². The minimum Gasteiger partial charge on any atom is -0.379 e. The first-order valence-electron chi connectivity index (χ1n) is 9.13. The lowest BCUT2D eigenvalue weighted by atomic mass is 10.1. The van der Waals surface area contributed by atoms with E-state index in [2.05, 4.69) is 22.1 Å². The molecule has 2 aromatic heterocycles. The third-order valence-electron chi connectivity index (χ3n) is 5.03. The summed E-state index contributed by atoms with van der Waals surface area (Å²) >= 11 is 0. The first-order chi connectivity index (χ1) is 12.8. The van der Waals surface area contributed by atoms with Gasteiger partial charge in [-0.15, -0.1) is 0 Å². The first kappa shape index (κ1) is 16.8. The molecule has 1 saturated heterocycles. The zero-order valence-corrected chi connectivity index (χ0v) is 14.7. The largest absolute Gasteiger partial charge is 0.379 e. The highest BCUT2D eigenvalue weighted by Gasteiger charge is 2.27. The van der Waals surface area contributed by atoms with Crippen LogP contribution < -0.4 is 0 Å². The van der Waals surface area contributed by atoms with Crippen LogP contribution in [0.2, 0.25) is 0 Å². The van der Waals surface area contributed by atoms with Gasteiger partial charge in [-0.25, -0.2) is 4.98 Å². The van der Waals surface area contributed by atoms with Crippen molar-refractivity contribution in [2.45, 2.75) is 25.3 Å². The molecule has 134 valence electrons. The van der Waals surface area contributed by atoms with E-state index in [1.807, 2.05) is 41.4 Å². The van der Waals surface area contributed by atoms with Crippen molar-refractivity contribution in [3.63, 3.8) is 0 Å². The third-order valence-corrected chi connectivity index (χ3v) is 5.03. The smallest absolute Gasteiger partial charge is 0.227 e. The van der Waals surface area contributed by atoms with Gasteiger partial charge in [-0.1, -0.05) is 30.3 Å². The fraction of sp³-hybridized carbons (Fsp3) is 0.333. The summed E-state index contributed by atoms with van der Waals surface area (Å²) in [6.07, 6.45) is 5.81. The van der Waals surface area contributed by atoms with Crippen LogP contribution in [0, 0.1) is 0 Å². The quantitative estimate of drug-likeness (QED) is 0.744. The first-order valence-corrected chi connectivity index (χ1v) is 9.13. The van der Waals surface area contributed by atoms with Crippen molar-refractivity contribution in [1.82, 2.24) is 14.9 Å². The molecule has 5 heteroatoms. The number of carbonyl (C=O) groups is 1.